The molecule has 0 saturated carbocycles. The number of hydrogen-bond donors (Lipinski definition) is 2. The van der Waals surface area contributed by atoms with Crippen molar-refractivity contribution in [2.24, 2.45) is 5.92 Å². The molecular weight excluding hydrogens is 214 g/mol. The van der Waals surface area contributed by atoms with Crippen LogP contribution in [0.15, 0.2) is 6.07 Å². The molecule has 1 aromatic carbocycles. The summed E-state index contributed by atoms with van der Waals surface area (Å²) in [6.45, 7) is 10.5. The molecule has 0 aliphatic heterocycles. The molecule has 0 heterocycles. The van der Waals surface area contributed by atoms with Gasteiger partial charge in [-0.1, -0.05) is 13.0 Å². The summed E-state index contributed by atoms with van der Waals surface area (Å²) in [4.78, 5) is 10.8. The Morgan fingerprint density at radius 2 is 1.71 bits per heavy atom. The van der Waals surface area contributed by atoms with Crippen molar-refractivity contribution < 1.29 is 9.90 Å². The lowest BCUT2D eigenvalue weighted by molar-refractivity contribution is -0.140. The van der Waals surface area contributed by atoms with E-state index in [9.17, 15) is 4.79 Å². The van der Waals surface area contributed by atoms with E-state index in [0.29, 0.717) is 6.54 Å². The summed E-state index contributed by atoms with van der Waals surface area (Å²) in [5, 5.41) is 12.1. The minimum Gasteiger partial charge on any atom is -0.481 e. The van der Waals surface area contributed by atoms with Gasteiger partial charge in [0.15, 0.2) is 0 Å². The van der Waals surface area contributed by atoms with Crippen molar-refractivity contribution in [3.05, 3.63) is 28.3 Å². The van der Waals surface area contributed by atoms with Crippen molar-refractivity contribution in [1.29, 1.82) is 0 Å². The number of carbonyl (C=O) groups is 1. The number of carboxylic acids is 1. The summed E-state index contributed by atoms with van der Waals surface area (Å²) in [5.74, 6) is -1.15. The number of rotatable bonds is 4. The van der Waals surface area contributed by atoms with Crippen molar-refractivity contribution >= 4 is 11.7 Å². The molecule has 17 heavy (non-hydrogen) atoms. The Kier molecular flexibility index (Phi) is 4.16. The highest BCUT2D eigenvalue weighted by atomic mass is 16.4. The number of nitrogens with one attached hydrogen (secondary N) is 1. The number of aliphatic carboxylic acids is 1. The fourth-order valence-corrected chi connectivity index (χ4v) is 1.82. The second kappa shape index (κ2) is 5.21. The van der Waals surface area contributed by atoms with Crippen LogP contribution in [0.3, 0.4) is 0 Å². The van der Waals surface area contributed by atoms with E-state index in [1.54, 1.807) is 6.92 Å². The van der Waals surface area contributed by atoms with E-state index in [0.717, 1.165) is 5.69 Å². The molecule has 3 heteroatoms. The lowest BCUT2D eigenvalue weighted by atomic mass is 9.98. The maximum Gasteiger partial charge on any atom is 0.308 e. The van der Waals surface area contributed by atoms with Crippen molar-refractivity contribution in [1.82, 2.24) is 0 Å². The quantitative estimate of drug-likeness (QED) is 0.843. The molecule has 0 saturated heterocycles. The minimum absolute atomic E-state index is 0.380. The molecule has 2 N–H and O–H groups in total. The molecule has 1 aromatic rings. The van der Waals surface area contributed by atoms with Gasteiger partial charge in [0.2, 0.25) is 0 Å². The van der Waals surface area contributed by atoms with Crippen LogP contribution in [0.1, 0.15) is 29.2 Å². The molecule has 0 aliphatic carbocycles. The van der Waals surface area contributed by atoms with Gasteiger partial charge in [0, 0.05) is 12.2 Å². The highest BCUT2D eigenvalue weighted by molar-refractivity contribution is 5.71. The number of aryl methyl sites for hydroxylation is 2. The maximum absolute atomic E-state index is 10.8. The average Bonchev–Trinajstić information content (AvgIpc) is 2.26. The molecular formula is C14H21NO2. The summed E-state index contributed by atoms with van der Waals surface area (Å²) >= 11 is 0. The summed E-state index contributed by atoms with van der Waals surface area (Å²) < 4.78 is 0. The molecule has 1 atom stereocenters. The first-order chi connectivity index (χ1) is 7.84. The third-order valence-corrected chi connectivity index (χ3v) is 3.37. The Morgan fingerprint density at radius 1 is 1.24 bits per heavy atom. The van der Waals surface area contributed by atoms with Crippen molar-refractivity contribution in [3.63, 3.8) is 0 Å². The van der Waals surface area contributed by atoms with Gasteiger partial charge in [-0.2, -0.15) is 0 Å². The van der Waals surface area contributed by atoms with Crippen LogP contribution >= 0.6 is 0 Å². The average molecular weight is 235 g/mol. The second-order valence-corrected chi connectivity index (χ2v) is 4.76. The molecule has 1 unspecified atom stereocenters. The molecule has 1 rings (SSSR count). The second-order valence-electron chi connectivity index (χ2n) is 4.76. The molecule has 0 bridgehead atoms. The van der Waals surface area contributed by atoms with E-state index < -0.39 is 5.97 Å². The predicted molar refractivity (Wildman–Crippen MR) is 70.7 cm³/mol. The number of anilines is 1. The van der Waals surface area contributed by atoms with Crippen LogP contribution in [0.2, 0.25) is 0 Å². The third-order valence-electron chi connectivity index (χ3n) is 3.37. The molecule has 0 radical (unpaired) electrons. The summed E-state index contributed by atoms with van der Waals surface area (Å²) in [6, 6.07) is 2.16. The number of hydrogen-bond acceptors (Lipinski definition) is 2. The molecule has 0 spiro atoms. The highest BCUT2D eigenvalue weighted by Crippen LogP contribution is 2.26. The summed E-state index contributed by atoms with van der Waals surface area (Å²) in [7, 11) is 0. The normalized spacial score (nSPS) is 12.3. The summed E-state index contributed by atoms with van der Waals surface area (Å²) in [6.07, 6.45) is 0. The minimum atomic E-state index is -0.766. The Balaban J connectivity index is 2.95. The Labute approximate surface area is 103 Å². The first kappa shape index (κ1) is 13.6. The monoisotopic (exact) mass is 235 g/mol. The van der Waals surface area contributed by atoms with Crippen LogP contribution < -0.4 is 5.32 Å². The Morgan fingerprint density at radius 3 is 2.12 bits per heavy atom. The van der Waals surface area contributed by atoms with Crippen molar-refractivity contribution in [3.8, 4) is 0 Å². The van der Waals surface area contributed by atoms with E-state index in [4.69, 9.17) is 5.11 Å². The van der Waals surface area contributed by atoms with Gasteiger partial charge in [-0.15, -0.1) is 0 Å². The number of benzene rings is 1. The van der Waals surface area contributed by atoms with Gasteiger partial charge in [0.05, 0.1) is 5.92 Å². The Bertz CT molecular complexity index is 412. The van der Waals surface area contributed by atoms with Crippen LogP contribution in [0.5, 0.6) is 0 Å². The van der Waals surface area contributed by atoms with E-state index >= 15 is 0 Å². The fraction of sp³-hybridized carbons (Fsp3) is 0.500. The SMILES string of the molecule is Cc1cc(C)c(C)c(NCC(C)C(=O)O)c1C. The molecule has 0 aromatic heterocycles. The van der Waals surface area contributed by atoms with Crippen LogP contribution in [0.25, 0.3) is 0 Å². The highest BCUT2D eigenvalue weighted by Gasteiger charge is 2.13. The van der Waals surface area contributed by atoms with E-state index in [1.165, 1.54) is 22.3 Å². The first-order valence-corrected chi connectivity index (χ1v) is 5.88. The predicted octanol–water partition coefficient (Wildman–Crippen LogP) is 3.05. The topological polar surface area (TPSA) is 49.3 Å². The van der Waals surface area contributed by atoms with Crippen molar-refractivity contribution in [2.75, 3.05) is 11.9 Å². The van der Waals surface area contributed by atoms with E-state index in [1.807, 2.05) is 0 Å². The molecule has 3 nitrogen and oxygen atoms in total. The van der Waals surface area contributed by atoms with Gasteiger partial charge in [0.1, 0.15) is 0 Å². The number of carboxylic acid groups (broad SMARTS) is 1. The largest absolute Gasteiger partial charge is 0.481 e. The lowest BCUT2D eigenvalue weighted by Gasteiger charge is -2.18. The Hall–Kier alpha value is -1.51. The van der Waals surface area contributed by atoms with E-state index in [-0.39, 0.29) is 5.92 Å². The fourth-order valence-electron chi connectivity index (χ4n) is 1.82. The lowest BCUT2D eigenvalue weighted by Crippen LogP contribution is -2.20. The summed E-state index contributed by atoms with van der Waals surface area (Å²) in [5.41, 5.74) is 5.95. The smallest absolute Gasteiger partial charge is 0.308 e. The molecule has 0 fully saturated rings. The standard InChI is InChI=1S/C14H21NO2/c1-8-6-9(2)12(5)13(11(8)4)15-7-10(3)14(16)17/h6,10,15H,7H2,1-5H3,(H,16,17). The zero-order chi connectivity index (χ0) is 13.2. The molecule has 0 amide bonds. The van der Waals surface area contributed by atoms with Gasteiger partial charge in [0.25, 0.3) is 0 Å². The third kappa shape index (κ3) is 2.99. The van der Waals surface area contributed by atoms with E-state index in [2.05, 4.69) is 39.1 Å². The van der Waals surface area contributed by atoms with Gasteiger partial charge in [-0.3, -0.25) is 4.79 Å². The van der Waals surface area contributed by atoms with Crippen LogP contribution in [-0.4, -0.2) is 17.6 Å². The van der Waals surface area contributed by atoms with Gasteiger partial charge in [-0.25, -0.2) is 0 Å². The van der Waals surface area contributed by atoms with Crippen LogP contribution in [0, 0.1) is 33.6 Å². The van der Waals surface area contributed by atoms with Gasteiger partial charge >= 0.3 is 5.97 Å². The molecule has 0 aliphatic rings. The zero-order valence-electron chi connectivity index (χ0n) is 11.2. The van der Waals surface area contributed by atoms with Crippen LogP contribution in [-0.2, 0) is 4.79 Å². The van der Waals surface area contributed by atoms with Gasteiger partial charge < -0.3 is 10.4 Å². The van der Waals surface area contributed by atoms with Crippen LogP contribution in [0.4, 0.5) is 5.69 Å². The van der Waals surface area contributed by atoms with Crippen molar-refractivity contribution in [2.45, 2.75) is 34.6 Å². The maximum atomic E-state index is 10.8. The van der Waals surface area contributed by atoms with Gasteiger partial charge in [-0.05, 0) is 49.9 Å². The first-order valence-electron chi connectivity index (χ1n) is 5.88. The molecule has 94 valence electrons. The zero-order valence-corrected chi connectivity index (χ0v) is 11.2.